The molecule has 2 aliphatic rings. The van der Waals surface area contributed by atoms with Crippen LogP contribution in [0.4, 0.5) is 0 Å². The minimum absolute atomic E-state index is 0.0292. The third-order valence-electron chi connectivity index (χ3n) is 6.54. The lowest BCUT2D eigenvalue weighted by Gasteiger charge is -2.30. The maximum absolute atomic E-state index is 13.5. The highest BCUT2D eigenvalue weighted by atomic mass is 16.5. The molecule has 2 atom stereocenters. The van der Waals surface area contributed by atoms with Gasteiger partial charge in [-0.25, -0.2) is 0 Å². The van der Waals surface area contributed by atoms with Crippen molar-refractivity contribution >= 4 is 11.8 Å². The lowest BCUT2D eigenvalue weighted by atomic mass is 9.78. The molecular weight excluding hydrogens is 402 g/mol. The summed E-state index contributed by atoms with van der Waals surface area (Å²) in [7, 11) is 0. The van der Waals surface area contributed by atoms with Gasteiger partial charge in [-0.3, -0.25) is 14.6 Å². The van der Waals surface area contributed by atoms with Gasteiger partial charge in [0.2, 0.25) is 5.91 Å². The fraction of sp³-hybridized carbons (Fsp3) is 0.500. The maximum Gasteiger partial charge on any atom is 0.251 e. The summed E-state index contributed by atoms with van der Waals surface area (Å²) in [6.45, 7) is 6.46. The molecule has 1 aromatic carbocycles. The molecule has 2 aromatic rings. The number of pyridine rings is 1. The summed E-state index contributed by atoms with van der Waals surface area (Å²) in [5, 5.41) is 3.15. The van der Waals surface area contributed by atoms with E-state index in [0.717, 1.165) is 29.5 Å². The predicted octanol–water partition coefficient (Wildman–Crippen LogP) is 3.46. The molecule has 0 radical (unpaired) electrons. The Kier molecular flexibility index (Phi) is 6.89. The van der Waals surface area contributed by atoms with E-state index < -0.39 is 5.41 Å². The van der Waals surface area contributed by atoms with Crippen LogP contribution in [0.15, 0.2) is 48.8 Å². The Morgan fingerprint density at radius 1 is 1.25 bits per heavy atom. The normalized spacial score (nSPS) is 23.0. The Bertz CT molecular complexity index is 940. The molecule has 32 heavy (non-hydrogen) atoms. The predicted molar refractivity (Wildman–Crippen MR) is 124 cm³/mol. The van der Waals surface area contributed by atoms with Crippen LogP contribution in [-0.2, 0) is 20.7 Å². The summed E-state index contributed by atoms with van der Waals surface area (Å²) in [4.78, 5) is 32.7. The first kappa shape index (κ1) is 22.5. The fourth-order valence-electron chi connectivity index (χ4n) is 4.77. The van der Waals surface area contributed by atoms with Gasteiger partial charge in [0, 0.05) is 44.2 Å². The Labute approximate surface area is 190 Å². The smallest absolute Gasteiger partial charge is 0.251 e. The van der Waals surface area contributed by atoms with Gasteiger partial charge in [0.25, 0.3) is 5.91 Å². The second-order valence-electron chi connectivity index (χ2n) is 9.47. The van der Waals surface area contributed by atoms with Crippen molar-refractivity contribution in [3.8, 4) is 11.1 Å². The molecule has 0 saturated carbocycles. The minimum atomic E-state index is -0.651. The van der Waals surface area contributed by atoms with Gasteiger partial charge in [-0.2, -0.15) is 0 Å². The summed E-state index contributed by atoms with van der Waals surface area (Å²) >= 11 is 0. The molecule has 170 valence electrons. The van der Waals surface area contributed by atoms with Crippen LogP contribution in [0.25, 0.3) is 11.1 Å². The van der Waals surface area contributed by atoms with Crippen molar-refractivity contribution in [3.05, 3.63) is 54.4 Å². The largest absolute Gasteiger partial charge is 0.368 e. The standard InChI is InChI=1S/C26H33N3O3/c1-19(2)16-28-25(31)26(11-13-29(18-26)24(30)23-10-6-14-32-23)15-20-7-3-4-9-22(20)21-8-5-12-27-17-21/h3-5,7-9,12,17,19,23H,6,10-11,13-16,18H2,1-2H3,(H,28,31)/t23-,26-/m1/s1. The quantitative estimate of drug-likeness (QED) is 0.723. The Morgan fingerprint density at radius 3 is 2.81 bits per heavy atom. The van der Waals surface area contributed by atoms with Gasteiger partial charge in [0.15, 0.2) is 0 Å². The number of nitrogens with one attached hydrogen (secondary N) is 1. The molecule has 6 nitrogen and oxygen atoms in total. The first-order chi connectivity index (χ1) is 15.5. The number of likely N-dealkylation sites (tertiary alicyclic amines) is 1. The molecule has 1 aromatic heterocycles. The Balaban J connectivity index is 1.61. The highest BCUT2D eigenvalue weighted by Gasteiger charge is 2.47. The third kappa shape index (κ3) is 4.85. The zero-order chi connectivity index (χ0) is 22.6. The van der Waals surface area contributed by atoms with Gasteiger partial charge in [-0.05, 0) is 48.8 Å². The second kappa shape index (κ2) is 9.82. The average molecular weight is 436 g/mol. The lowest BCUT2D eigenvalue weighted by molar-refractivity contribution is -0.141. The monoisotopic (exact) mass is 435 g/mol. The Hall–Kier alpha value is -2.73. The molecule has 0 spiro atoms. The summed E-state index contributed by atoms with van der Waals surface area (Å²) in [6.07, 6.45) is 6.18. The number of benzene rings is 1. The molecule has 1 N–H and O–H groups in total. The molecule has 4 rings (SSSR count). The number of aromatic nitrogens is 1. The van der Waals surface area contributed by atoms with Crippen LogP contribution >= 0.6 is 0 Å². The van der Waals surface area contributed by atoms with Crippen molar-refractivity contribution in [2.24, 2.45) is 11.3 Å². The van der Waals surface area contributed by atoms with Crippen LogP contribution in [0.1, 0.15) is 38.7 Å². The van der Waals surface area contributed by atoms with E-state index in [1.54, 1.807) is 6.20 Å². The lowest BCUT2D eigenvalue weighted by Crippen LogP contribution is -2.47. The summed E-state index contributed by atoms with van der Waals surface area (Å²) < 4.78 is 5.63. The molecule has 3 heterocycles. The van der Waals surface area contributed by atoms with Crippen LogP contribution in [0, 0.1) is 11.3 Å². The van der Waals surface area contributed by atoms with Crippen molar-refractivity contribution in [1.82, 2.24) is 15.2 Å². The van der Waals surface area contributed by atoms with E-state index in [4.69, 9.17) is 4.74 Å². The van der Waals surface area contributed by atoms with E-state index in [-0.39, 0.29) is 17.9 Å². The number of carbonyl (C=O) groups excluding carboxylic acids is 2. The third-order valence-corrected chi connectivity index (χ3v) is 6.54. The van der Waals surface area contributed by atoms with Gasteiger partial charge < -0.3 is 15.0 Å². The molecule has 2 aliphatic heterocycles. The highest BCUT2D eigenvalue weighted by molar-refractivity contribution is 5.87. The first-order valence-electron chi connectivity index (χ1n) is 11.7. The molecule has 0 unspecified atom stereocenters. The number of hydrogen-bond acceptors (Lipinski definition) is 4. The number of carbonyl (C=O) groups is 2. The van der Waals surface area contributed by atoms with Gasteiger partial charge in [-0.1, -0.05) is 44.2 Å². The molecule has 2 saturated heterocycles. The fourth-order valence-corrected chi connectivity index (χ4v) is 4.77. The molecule has 6 heteroatoms. The molecule has 0 aliphatic carbocycles. The summed E-state index contributed by atoms with van der Waals surface area (Å²) in [6, 6.07) is 12.2. The zero-order valence-electron chi connectivity index (χ0n) is 19.0. The Morgan fingerprint density at radius 2 is 2.09 bits per heavy atom. The average Bonchev–Trinajstić information content (AvgIpc) is 3.49. The molecule has 0 bridgehead atoms. The SMILES string of the molecule is CC(C)CNC(=O)[C@@]1(Cc2ccccc2-c2cccnc2)CCN(C(=O)[C@H]2CCCO2)C1. The van der Waals surface area contributed by atoms with Gasteiger partial charge in [-0.15, -0.1) is 0 Å². The van der Waals surface area contributed by atoms with Crippen molar-refractivity contribution in [1.29, 1.82) is 0 Å². The number of rotatable bonds is 7. The highest BCUT2D eigenvalue weighted by Crippen LogP contribution is 2.38. The van der Waals surface area contributed by atoms with Crippen molar-refractivity contribution in [2.75, 3.05) is 26.2 Å². The maximum atomic E-state index is 13.5. The van der Waals surface area contributed by atoms with E-state index in [1.165, 1.54) is 0 Å². The van der Waals surface area contributed by atoms with Crippen LogP contribution < -0.4 is 5.32 Å². The number of ether oxygens (including phenoxy) is 1. The van der Waals surface area contributed by atoms with E-state index in [9.17, 15) is 9.59 Å². The van der Waals surface area contributed by atoms with Crippen LogP contribution in [0.5, 0.6) is 0 Å². The van der Waals surface area contributed by atoms with Gasteiger partial charge in [0.1, 0.15) is 6.10 Å². The first-order valence-corrected chi connectivity index (χ1v) is 11.7. The number of nitrogens with zero attached hydrogens (tertiary/aromatic N) is 2. The van der Waals surface area contributed by atoms with E-state index >= 15 is 0 Å². The van der Waals surface area contributed by atoms with Crippen LogP contribution in [-0.4, -0.2) is 54.0 Å². The number of amides is 2. The van der Waals surface area contributed by atoms with Crippen LogP contribution in [0.3, 0.4) is 0 Å². The number of hydrogen-bond donors (Lipinski definition) is 1. The van der Waals surface area contributed by atoms with Crippen molar-refractivity contribution in [2.45, 2.75) is 45.6 Å². The summed E-state index contributed by atoms with van der Waals surface area (Å²) in [5.41, 5.74) is 2.57. The van der Waals surface area contributed by atoms with E-state index in [1.807, 2.05) is 35.4 Å². The van der Waals surface area contributed by atoms with Crippen LogP contribution in [0.2, 0.25) is 0 Å². The zero-order valence-corrected chi connectivity index (χ0v) is 19.0. The second-order valence-corrected chi connectivity index (χ2v) is 9.47. The summed E-state index contributed by atoms with van der Waals surface area (Å²) in [5.74, 6) is 0.432. The topological polar surface area (TPSA) is 71.5 Å². The van der Waals surface area contributed by atoms with E-state index in [0.29, 0.717) is 45.0 Å². The minimum Gasteiger partial charge on any atom is -0.368 e. The van der Waals surface area contributed by atoms with Gasteiger partial charge in [0.05, 0.1) is 5.41 Å². The molecule has 2 amide bonds. The van der Waals surface area contributed by atoms with Crippen molar-refractivity contribution < 1.29 is 14.3 Å². The van der Waals surface area contributed by atoms with Crippen molar-refractivity contribution in [3.63, 3.8) is 0 Å². The van der Waals surface area contributed by atoms with Gasteiger partial charge >= 0.3 is 0 Å². The molecule has 2 fully saturated rings. The van der Waals surface area contributed by atoms with E-state index in [2.05, 4.69) is 36.3 Å². The molecular formula is C26H33N3O3.